The van der Waals surface area contributed by atoms with Crippen LogP contribution in [0.5, 0.6) is 5.75 Å². The number of ether oxygens (including phenoxy) is 1. The molecule has 31 heavy (non-hydrogen) atoms. The van der Waals surface area contributed by atoms with Crippen LogP contribution in [0.4, 0.5) is 0 Å². The van der Waals surface area contributed by atoms with Gasteiger partial charge in [-0.05, 0) is 112 Å². The number of halogens is 2. The molecule has 0 bridgehead atoms. The van der Waals surface area contributed by atoms with Crippen molar-refractivity contribution in [3.63, 3.8) is 0 Å². The summed E-state index contributed by atoms with van der Waals surface area (Å²) < 4.78 is 8.07. The van der Waals surface area contributed by atoms with Gasteiger partial charge in [-0.15, -0.1) is 0 Å². The molecule has 0 amide bonds. The lowest BCUT2D eigenvalue weighted by Gasteiger charge is -2.11. The summed E-state index contributed by atoms with van der Waals surface area (Å²) in [7, 11) is 0. The molecule has 0 aliphatic rings. The Morgan fingerprint density at radius 1 is 1.06 bits per heavy atom. The number of aromatic amines is 1. The maximum atomic E-state index is 9.77. The van der Waals surface area contributed by atoms with Crippen molar-refractivity contribution in [1.29, 1.82) is 5.26 Å². The van der Waals surface area contributed by atoms with Crippen molar-refractivity contribution in [1.82, 2.24) is 9.97 Å². The zero-order valence-electron chi connectivity index (χ0n) is 17.0. The number of benzene rings is 3. The molecule has 1 heterocycles. The number of nitrogens with one attached hydrogen (secondary N) is 1. The molecular weight excluding hydrogens is 612 g/mol. The Hall–Kier alpha value is -2.38. The average molecular weight is 631 g/mol. The minimum atomic E-state index is 0.496. The fourth-order valence-electron chi connectivity index (χ4n) is 3.25. The largest absolute Gasteiger partial charge is 0.487 e. The van der Waals surface area contributed by atoms with E-state index in [1.54, 1.807) is 0 Å². The third-order valence-electron chi connectivity index (χ3n) is 5.03. The number of aromatic nitrogens is 2. The number of H-pyrrole nitrogens is 1. The van der Waals surface area contributed by atoms with E-state index < -0.39 is 0 Å². The van der Waals surface area contributed by atoms with Crippen molar-refractivity contribution >= 4 is 67.9 Å². The average Bonchev–Trinajstić information content (AvgIpc) is 3.15. The topological polar surface area (TPSA) is 61.7 Å². The van der Waals surface area contributed by atoms with Crippen LogP contribution in [0.15, 0.2) is 54.6 Å². The molecule has 0 aliphatic carbocycles. The molecular formula is C25H19I2N3O. The highest BCUT2D eigenvalue weighted by atomic mass is 127. The van der Waals surface area contributed by atoms with Gasteiger partial charge in [-0.3, -0.25) is 0 Å². The van der Waals surface area contributed by atoms with Gasteiger partial charge in [0, 0.05) is 0 Å². The number of rotatable bonds is 5. The molecule has 0 spiro atoms. The molecule has 0 saturated heterocycles. The van der Waals surface area contributed by atoms with Crippen molar-refractivity contribution in [3.8, 4) is 11.8 Å². The molecule has 0 radical (unpaired) electrons. The molecule has 4 nitrogen and oxygen atoms in total. The summed E-state index contributed by atoms with van der Waals surface area (Å²) >= 11 is 4.56. The van der Waals surface area contributed by atoms with Crippen LogP contribution in [-0.2, 0) is 6.61 Å². The van der Waals surface area contributed by atoms with Crippen molar-refractivity contribution in [2.45, 2.75) is 20.5 Å². The van der Waals surface area contributed by atoms with Crippen LogP contribution in [0.2, 0.25) is 0 Å². The summed E-state index contributed by atoms with van der Waals surface area (Å²) in [6.45, 7) is 4.65. The molecule has 1 aromatic heterocycles. The Morgan fingerprint density at radius 2 is 1.74 bits per heavy atom. The molecule has 1 N–H and O–H groups in total. The van der Waals surface area contributed by atoms with Crippen LogP contribution in [0.3, 0.4) is 0 Å². The van der Waals surface area contributed by atoms with Gasteiger partial charge in [0.2, 0.25) is 0 Å². The van der Waals surface area contributed by atoms with Crippen LogP contribution in [0.1, 0.15) is 28.1 Å². The number of nitrogens with zero attached hydrogens (tertiary/aromatic N) is 2. The predicted molar refractivity (Wildman–Crippen MR) is 142 cm³/mol. The van der Waals surface area contributed by atoms with E-state index in [0.29, 0.717) is 18.0 Å². The van der Waals surface area contributed by atoms with E-state index in [2.05, 4.69) is 81.1 Å². The predicted octanol–water partition coefficient (Wildman–Crippen LogP) is 7.03. The highest BCUT2D eigenvalue weighted by Crippen LogP contribution is 2.31. The van der Waals surface area contributed by atoms with Crippen LogP contribution < -0.4 is 4.74 Å². The normalized spacial score (nSPS) is 11.5. The maximum absolute atomic E-state index is 9.77. The van der Waals surface area contributed by atoms with Crippen LogP contribution in [0, 0.1) is 32.3 Å². The molecule has 0 unspecified atom stereocenters. The first kappa shape index (κ1) is 21.8. The second kappa shape index (κ2) is 9.40. The van der Waals surface area contributed by atoms with Crippen LogP contribution >= 0.6 is 45.2 Å². The van der Waals surface area contributed by atoms with Crippen molar-refractivity contribution in [2.24, 2.45) is 0 Å². The fourth-order valence-corrected chi connectivity index (χ4v) is 5.38. The molecule has 0 atom stereocenters. The van der Waals surface area contributed by atoms with Gasteiger partial charge in [0.15, 0.2) is 0 Å². The van der Waals surface area contributed by atoms with Gasteiger partial charge >= 0.3 is 0 Å². The minimum Gasteiger partial charge on any atom is -0.487 e. The number of imidazole rings is 1. The Morgan fingerprint density at radius 3 is 2.42 bits per heavy atom. The van der Waals surface area contributed by atoms with Gasteiger partial charge in [0.25, 0.3) is 0 Å². The summed E-state index contributed by atoms with van der Waals surface area (Å²) in [5, 5.41) is 9.77. The Kier molecular flexibility index (Phi) is 6.62. The summed E-state index contributed by atoms with van der Waals surface area (Å²) in [6, 6.07) is 20.6. The first-order chi connectivity index (χ1) is 14.9. The number of aryl methyl sites for hydroxylation is 2. The second-order valence-electron chi connectivity index (χ2n) is 7.30. The minimum absolute atomic E-state index is 0.496. The number of hydrogen-bond acceptors (Lipinski definition) is 3. The monoisotopic (exact) mass is 631 g/mol. The lowest BCUT2D eigenvalue weighted by Crippen LogP contribution is -1.99. The molecule has 0 aliphatic heterocycles. The van der Waals surface area contributed by atoms with E-state index >= 15 is 0 Å². The van der Waals surface area contributed by atoms with E-state index in [1.807, 2.05) is 54.6 Å². The quantitative estimate of drug-likeness (QED) is 0.190. The fraction of sp³-hybridized carbons (Fsp3) is 0.120. The van der Waals surface area contributed by atoms with E-state index in [4.69, 9.17) is 4.74 Å². The summed E-state index contributed by atoms with van der Waals surface area (Å²) in [6.07, 6.45) is 1.86. The molecule has 154 valence electrons. The standard InChI is InChI=1S/C25H19I2N3O/c1-15-8-22-23(9-16(15)2)30-25(29-22)19(13-28)10-18-11-20(26)24(21(27)12-18)31-14-17-6-4-3-5-7-17/h3-12H,14H2,1-2H3,(H,29,30)/b19-10+. The third-order valence-corrected chi connectivity index (χ3v) is 6.63. The van der Waals surface area contributed by atoms with Gasteiger partial charge < -0.3 is 9.72 Å². The third kappa shape index (κ3) is 4.93. The number of allylic oxidation sites excluding steroid dienone is 1. The SMILES string of the molecule is Cc1cc2nc(/C(C#N)=C/c3cc(I)c(OCc4ccccc4)c(I)c3)[nH]c2cc1C. The van der Waals surface area contributed by atoms with E-state index in [9.17, 15) is 5.26 Å². The maximum Gasteiger partial charge on any atom is 0.149 e. The van der Waals surface area contributed by atoms with E-state index in [1.165, 1.54) is 11.1 Å². The molecule has 0 fully saturated rings. The first-order valence-corrected chi connectivity index (χ1v) is 11.9. The Labute approximate surface area is 208 Å². The molecule has 6 heteroatoms. The number of fused-ring (bicyclic) bond motifs is 1. The van der Waals surface area contributed by atoms with E-state index in [0.717, 1.165) is 35.1 Å². The number of hydrogen-bond donors (Lipinski definition) is 1. The van der Waals surface area contributed by atoms with Crippen molar-refractivity contribution in [3.05, 3.63) is 89.8 Å². The van der Waals surface area contributed by atoms with E-state index in [-0.39, 0.29) is 0 Å². The number of nitriles is 1. The van der Waals surface area contributed by atoms with Gasteiger partial charge in [0.05, 0.1) is 23.7 Å². The van der Waals surface area contributed by atoms with Gasteiger partial charge in [-0.1, -0.05) is 30.3 Å². The zero-order valence-corrected chi connectivity index (χ0v) is 21.4. The van der Waals surface area contributed by atoms with Crippen LogP contribution in [-0.4, -0.2) is 9.97 Å². The van der Waals surface area contributed by atoms with Crippen molar-refractivity contribution < 1.29 is 4.74 Å². The van der Waals surface area contributed by atoms with Crippen LogP contribution in [0.25, 0.3) is 22.7 Å². The molecule has 4 rings (SSSR count). The second-order valence-corrected chi connectivity index (χ2v) is 9.62. The lowest BCUT2D eigenvalue weighted by molar-refractivity contribution is 0.302. The lowest BCUT2D eigenvalue weighted by atomic mass is 10.1. The summed E-state index contributed by atoms with van der Waals surface area (Å²) in [4.78, 5) is 7.92. The molecule has 3 aromatic carbocycles. The highest BCUT2D eigenvalue weighted by molar-refractivity contribution is 14.1. The summed E-state index contributed by atoms with van der Waals surface area (Å²) in [5.74, 6) is 1.44. The van der Waals surface area contributed by atoms with Gasteiger partial charge in [-0.25, -0.2) is 4.98 Å². The Bertz CT molecular complexity index is 1270. The molecule has 0 saturated carbocycles. The first-order valence-electron chi connectivity index (χ1n) is 9.69. The highest BCUT2D eigenvalue weighted by Gasteiger charge is 2.12. The van der Waals surface area contributed by atoms with Crippen molar-refractivity contribution in [2.75, 3.05) is 0 Å². The zero-order chi connectivity index (χ0) is 22.0. The summed E-state index contributed by atoms with van der Waals surface area (Å²) in [5.41, 5.74) is 6.74. The van der Waals surface area contributed by atoms with Gasteiger partial charge in [0.1, 0.15) is 24.3 Å². The van der Waals surface area contributed by atoms with Gasteiger partial charge in [-0.2, -0.15) is 5.26 Å². The molecule has 4 aromatic rings. The Balaban J connectivity index is 1.63. The smallest absolute Gasteiger partial charge is 0.149 e.